The first-order valence-corrected chi connectivity index (χ1v) is 6.34. The van der Waals surface area contributed by atoms with Crippen LogP contribution in [0.2, 0.25) is 0 Å². The van der Waals surface area contributed by atoms with Gasteiger partial charge in [0, 0.05) is 25.1 Å². The summed E-state index contributed by atoms with van der Waals surface area (Å²) in [4.78, 5) is 22.9. The zero-order valence-corrected chi connectivity index (χ0v) is 10.7. The zero-order valence-electron chi connectivity index (χ0n) is 10.7. The lowest BCUT2D eigenvalue weighted by Crippen LogP contribution is -2.38. The summed E-state index contributed by atoms with van der Waals surface area (Å²) >= 11 is 0. The first kappa shape index (κ1) is 14.2. The van der Waals surface area contributed by atoms with Crippen LogP contribution in [0.15, 0.2) is 18.2 Å². The summed E-state index contributed by atoms with van der Waals surface area (Å²) in [6, 6.07) is 2.03. The number of hydrogen-bond acceptors (Lipinski definition) is 2. The lowest BCUT2D eigenvalue weighted by atomic mass is 10.1. The van der Waals surface area contributed by atoms with Crippen molar-refractivity contribution in [2.45, 2.75) is 25.3 Å². The molecule has 20 heavy (non-hydrogen) atoms. The summed E-state index contributed by atoms with van der Waals surface area (Å²) in [6.45, 7) is 0.484. The molecule has 1 atom stereocenters. The van der Waals surface area contributed by atoms with Crippen LogP contribution in [0, 0.1) is 11.6 Å². The number of benzene rings is 1. The van der Waals surface area contributed by atoms with E-state index < -0.39 is 17.7 Å². The molecule has 5 nitrogen and oxygen atoms in total. The summed E-state index contributed by atoms with van der Waals surface area (Å²) in [5, 5.41) is 7.60. The van der Waals surface area contributed by atoms with Crippen molar-refractivity contribution in [2.75, 3.05) is 11.9 Å². The smallest absolute Gasteiger partial charge is 0.319 e. The minimum Gasteiger partial charge on any atom is -0.356 e. The number of halogens is 2. The Hall–Kier alpha value is -2.18. The van der Waals surface area contributed by atoms with Crippen LogP contribution in [-0.4, -0.2) is 24.5 Å². The first-order valence-electron chi connectivity index (χ1n) is 6.34. The highest BCUT2D eigenvalue weighted by Gasteiger charge is 2.18. The number of hydrogen-bond donors (Lipinski definition) is 3. The normalized spacial score (nSPS) is 18.9. The van der Waals surface area contributed by atoms with Gasteiger partial charge in [0.1, 0.15) is 11.6 Å². The van der Waals surface area contributed by atoms with E-state index in [0.29, 0.717) is 25.8 Å². The van der Waals surface area contributed by atoms with E-state index in [2.05, 4.69) is 16.0 Å². The van der Waals surface area contributed by atoms with E-state index in [4.69, 9.17) is 0 Å². The predicted molar refractivity (Wildman–Crippen MR) is 69.2 cm³/mol. The maximum Gasteiger partial charge on any atom is 0.319 e. The van der Waals surface area contributed by atoms with Crippen molar-refractivity contribution in [1.82, 2.24) is 10.6 Å². The maximum absolute atomic E-state index is 13.4. The highest BCUT2D eigenvalue weighted by Crippen LogP contribution is 2.15. The van der Waals surface area contributed by atoms with Crippen LogP contribution >= 0.6 is 0 Å². The largest absolute Gasteiger partial charge is 0.356 e. The SMILES string of the molecule is O=C1CCC(NC(=O)Nc2cc(F)ccc2F)CCN1. The second-order valence-corrected chi connectivity index (χ2v) is 4.60. The van der Waals surface area contributed by atoms with Crippen LogP contribution in [0.5, 0.6) is 0 Å². The lowest BCUT2D eigenvalue weighted by molar-refractivity contribution is -0.120. The summed E-state index contributed by atoms with van der Waals surface area (Å²) in [6.07, 6.45) is 1.45. The van der Waals surface area contributed by atoms with Gasteiger partial charge in [-0.25, -0.2) is 13.6 Å². The predicted octanol–water partition coefficient (Wildman–Crippen LogP) is 1.75. The fourth-order valence-electron chi connectivity index (χ4n) is 2.01. The van der Waals surface area contributed by atoms with Gasteiger partial charge in [0.15, 0.2) is 0 Å². The lowest BCUT2D eigenvalue weighted by Gasteiger charge is -2.16. The van der Waals surface area contributed by atoms with Crippen molar-refractivity contribution < 1.29 is 18.4 Å². The van der Waals surface area contributed by atoms with Gasteiger partial charge in [-0.3, -0.25) is 4.79 Å². The van der Waals surface area contributed by atoms with Crippen LogP contribution in [0.3, 0.4) is 0 Å². The standard InChI is InChI=1S/C13H15F2N3O2/c14-8-1-3-10(15)11(7-8)18-13(20)17-9-2-4-12(19)16-6-5-9/h1,3,7,9H,2,4-6H2,(H,16,19)(H2,17,18,20). The molecule has 108 valence electrons. The molecule has 1 heterocycles. The zero-order chi connectivity index (χ0) is 14.5. The van der Waals surface area contributed by atoms with Crippen molar-refractivity contribution >= 4 is 17.6 Å². The highest BCUT2D eigenvalue weighted by molar-refractivity contribution is 5.89. The second-order valence-electron chi connectivity index (χ2n) is 4.60. The number of urea groups is 1. The average molecular weight is 283 g/mol. The Balaban J connectivity index is 1.91. The highest BCUT2D eigenvalue weighted by atomic mass is 19.1. The first-order chi connectivity index (χ1) is 9.54. The average Bonchev–Trinajstić information content (AvgIpc) is 2.59. The fourth-order valence-corrected chi connectivity index (χ4v) is 2.01. The van der Waals surface area contributed by atoms with Gasteiger partial charge >= 0.3 is 6.03 Å². The molecule has 3 N–H and O–H groups in total. The molecule has 1 aliphatic heterocycles. The molecular formula is C13H15F2N3O2. The number of amides is 3. The molecule has 1 unspecified atom stereocenters. The van der Waals surface area contributed by atoms with Crippen molar-refractivity contribution in [3.63, 3.8) is 0 Å². The molecule has 0 radical (unpaired) electrons. The minimum absolute atomic E-state index is 0.0501. The summed E-state index contributed by atoms with van der Waals surface area (Å²) in [5.41, 5.74) is -0.217. The molecule has 1 saturated heterocycles. The number of anilines is 1. The summed E-state index contributed by atoms with van der Waals surface area (Å²) in [5.74, 6) is -1.39. The molecule has 1 fully saturated rings. The Morgan fingerprint density at radius 3 is 2.90 bits per heavy atom. The van der Waals surface area contributed by atoms with Crippen molar-refractivity contribution in [3.8, 4) is 0 Å². The quantitative estimate of drug-likeness (QED) is 0.774. The van der Waals surface area contributed by atoms with Crippen LogP contribution < -0.4 is 16.0 Å². The third kappa shape index (κ3) is 3.91. The maximum atomic E-state index is 13.4. The summed E-state index contributed by atoms with van der Waals surface area (Å²) < 4.78 is 26.3. The van der Waals surface area contributed by atoms with Gasteiger partial charge < -0.3 is 16.0 Å². The van der Waals surface area contributed by atoms with Gasteiger partial charge in [-0.2, -0.15) is 0 Å². The van der Waals surface area contributed by atoms with Gasteiger partial charge in [0.2, 0.25) is 5.91 Å². The topological polar surface area (TPSA) is 70.2 Å². The second kappa shape index (κ2) is 6.31. The third-order valence-corrected chi connectivity index (χ3v) is 3.05. The third-order valence-electron chi connectivity index (χ3n) is 3.05. The van der Waals surface area contributed by atoms with Crippen LogP contribution in [-0.2, 0) is 4.79 Å². The summed E-state index contributed by atoms with van der Waals surface area (Å²) in [7, 11) is 0. The Bertz CT molecular complexity index is 522. The Morgan fingerprint density at radius 1 is 1.30 bits per heavy atom. The molecular weight excluding hydrogens is 268 g/mol. The van der Waals surface area contributed by atoms with E-state index in [-0.39, 0.29) is 17.6 Å². The fraction of sp³-hybridized carbons (Fsp3) is 0.385. The Morgan fingerprint density at radius 2 is 2.10 bits per heavy atom. The molecule has 0 spiro atoms. The molecule has 7 heteroatoms. The van der Waals surface area contributed by atoms with Crippen LogP contribution in [0.1, 0.15) is 19.3 Å². The van der Waals surface area contributed by atoms with E-state index in [1.165, 1.54) is 0 Å². The van der Waals surface area contributed by atoms with Gasteiger partial charge in [0.05, 0.1) is 5.69 Å². The molecule has 0 saturated carbocycles. The van der Waals surface area contributed by atoms with Crippen molar-refractivity contribution in [1.29, 1.82) is 0 Å². The molecule has 0 aliphatic carbocycles. The molecule has 1 aliphatic rings. The molecule has 0 aromatic heterocycles. The molecule has 2 rings (SSSR count). The van der Waals surface area contributed by atoms with E-state index >= 15 is 0 Å². The van der Waals surface area contributed by atoms with Crippen molar-refractivity contribution in [3.05, 3.63) is 29.8 Å². The van der Waals surface area contributed by atoms with E-state index in [1.54, 1.807) is 0 Å². The minimum atomic E-state index is -0.709. The molecule has 1 aromatic carbocycles. The molecule has 0 bridgehead atoms. The number of rotatable bonds is 2. The van der Waals surface area contributed by atoms with Gasteiger partial charge in [-0.05, 0) is 25.0 Å². The Kier molecular flexibility index (Phi) is 4.49. The van der Waals surface area contributed by atoms with Crippen molar-refractivity contribution in [2.24, 2.45) is 0 Å². The van der Waals surface area contributed by atoms with Gasteiger partial charge in [-0.1, -0.05) is 0 Å². The number of carbonyl (C=O) groups excluding carboxylic acids is 2. The molecule has 3 amide bonds. The monoisotopic (exact) mass is 283 g/mol. The number of nitrogens with one attached hydrogen (secondary N) is 3. The Labute approximate surface area is 114 Å². The van der Waals surface area contributed by atoms with E-state index in [1.807, 2.05) is 0 Å². The van der Waals surface area contributed by atoms with Crippen LogP contribution in [0.4, 0.5) is 19.3 Å². The van der Waals surface area contributed by atoms with Crippen LogP contribution in [0.25, 0.3) is 0 Å². The van der Waals surface area contributed by atoms with E-state index in [0.717, 1.165) is 18.2 Å². The van der Waals surface area contributed by atoms with E-state index in [9.17, 15) is 18.4 Å². The van der Waals surface area contributed by atoms with Gasteiger partial charge in [0.25, 0.3) is 0 Å². The number of carbonyl (C=O) groups is 2. The molecule has 1 aromatic rings. The van der Waals surface area contributed by atoms with Gasteiger partial charge in [-0.15, -0.1) is 0 Å².